The fraction of sp³-hybridized carbons (Fsp3) is 0.429. The van der Waals surface area contributed by atoms with Crippen LogP contribution in [0.1, 0.15) is 0 Å². The molecular formula is C14H13BrFN3O2. The molecule has 2 heterocycles. The minimum atomic E-state index is -0.466. The van der Waals surface area contributed by atoms with E-state index in [1.807, 2.05) is 4.90 Å². The topological polar surface area (TPSA) is 58.4 Å². The minimum absolute atomic E-state index is 0.209. The van der Waals surface area contributed by atoms with Gasteiger partial charge < -0.3 is 10.0 Å². The number of nitrogens with zero attached hydrogens (tertiary/aromatic N) is 3. The summed E-state index contributed by atoms with van der Waals surface area (Å²) < 4.78 is 15.4. The van der Waals surface area contributed by atoms with Crippen LogP contribution in [0.15, 0.2) is 21.4 Å². The molecule has 0 spiro atoms. The molecule has 0 radical (unpaired) electrons. The maximum Gasteiger partial charge on any atom is 0.262 e. The van der Waals surface area contributed by atoms with E-state index in [0.29, 0.717) is 29.0 Å². The number of hydrogen-bond acceptors (Lipinski definition) is 4. The lowest BCUT2D eigenvalue weighted by Gasteiger charge is -2.22. The smallest absolute Gasteiger partial charge is 0.262 e. The van der Waals surface area contributed by atoms with Crippen molar-refractivity contribution in [3.8, 4) is 0 Å². The van der Waals surface area contributed by atoms with Crippen LogP contribution in [0.4, 0.5) is 10.3 Å². The number of piperidine rings is 1. The molecule has 5 nitrogen and oxygen atoms in total. The van der Waals surface area contributed by atoms with Gasteiger partial charge >= 0.3 is 0 Å². The molecule has 1 saturated heterocycles. The second kappa shape index (κ2) is 4.27. The predicted octanol–water partition coefficient (Wildman–Crippen LogP) is 1.26. The average molecular weight is 354 g/mol. The molecule has 2 aliphatic rings. The van der Waals surface area contributed by atoms with Crippen molar-refractivity contribution in [3.05, 3.63) is 32.8 Å². The van der Waals surface area contributed by atoms with Crippen LogP contribution in [-0.4, -0.2) is 33.9 Å². The standard InChI is InChI=1S/C14H13BrFN3O2/c1-18-13(21)7-2-6(16)3-10(15)11(7)17-14(18)19-4-8-9(5-19)12(8)20/h2-3,8-9,12,20H,4-5H2,1H3. The highest BCUT2D eigenvalue weighted by Crippen LogP contribution is 2.46. The van der Waals surface area contributed by atoms with Crippen molar-refractivity contribution in [2.45, 2.75) is 6.10 Å². The number of aromatic nitrogens is 2. The van der Waals surface area contributed by atoms with Gasteiger partial charge in [-0.1, -0.05) is 0 Å². The Labute approximate surface area is 128 Å². The van der Waals surface area contributed by atoms with Gasteiger partial charge in [0.15, 0.2) is 0 Å². The number of aliphatic hydroxyl groups excluding tert-OH is 1. The number of aliphatic hydroxyl groups is 1. The minimum Gasteiger partial charge on any atom is -0.392 e. The number of anilines is 1. The van der Waals surface area contributed by atoms with Crippen LogP contribution >= 0.6 is 15.9 Å². The van der Waals surface area contributed by atoms with Gasteiger partial charge in [-0.25, -0.2) is 9.37 Å². The van der Waals surface area contributed by atoms with Gasteiger partial charge in [-0.05, 0) is 28.1 Å². The Morgan fingerprint density at radius 3 is 2.71 bits per heavy atom. The second-order valence-corrected chi connectivity index (χ2v) is 6.64. The Bertz CT molecular complexity index is 810. The second-order valence-electron chi connectivity index (χ2n) is 5.78. The first-order valence-electron chi connectivity index (χ1n) is 6.76. The average Bonchev–Trinajstić information content (AvgIpc) is 2.87. The van der Waals surface area contributed by atoms with E-state index in [2.05, 4.69) is 20.9 Å². The zero-order valence-electron chi connectivity index (χ0n) is 11.3. The molecule has 2 unspecified atom stereocenters. The number of benzene rings is 1. The fourth-order valence-corrected chi connectivity index (χ4v) is 3.75. The van der Waals surface area contributed by atoms with Crippen LogP contribution in [0.25, 0.3) is 10.9 Å². The quantitative estimate of drug-likeness (QED) is 0.838. The number of halogens is 2. The maximum atomic E-state index is 13.5. The molecule has 1 aliphatic heterocycles. The third-order valence-electron chi connectivity index (χ3n) is 4.51. The van der Waals surface area contributed by atoms with Crippen LogP contribution in [-0.2, 0) is 7.05 Å². The van der Waals surface area contributed by atoms with Gasteiger partial charge in [0, 0.05) is 36.4 Å². The van der Waals surface area contributed by atoms with Crippen LogP contribution < -0.4 is 10.5 Å². The third kappa shape index (κ3) is 1.83. The van der Waals surface area contributed by atoms with E-state index in [1.165, 1.54) is 16.7 Å². The van der Waals surface area contributed by atoms with Crippen molar-refractivity contribution in [3.63, 3.8) is 0 Å². The fourth-order valence-electron chi connectivity index (χ4n) is 3.23. The third-order valence-corrected chi connectivity index (χ3v) is 5.11. The molecular weight excluding hydrogens is 341 g/mol. The summed E-state index contributed by atoms with van der Waals surface area (Å²) in [5.41, 5.74) is 0.201. The maximum absolute atomic E-state index is 13.5. The summed E-state index contributed by atoms with van der Waals surface area (Å²) in [5.74, 6) is 0.675. The number of hydrogen-bond donors (Lipinski definition) is 1. The van der Waals surface area contributed by atoms with E-state index in [9.17, 15) is 14.3 Å². The molecule has 7 heteroatoms. The Kier molecular flexibility index (Phi) is 2.68. The molecule has 1 N–H and O–H groups in total. The van der Waals surface area contributed by atoms with Crippen LogP contribution in [0, 0.1) is 17.7 Å². The normalized spacial score (nSPS) is 27.2. The molecule has 1 aliphatic carbocycles. The van der Waals surface area contributed by atoms with Gasteiger partial charge in [-0.15, -0.1) is 0 Å². The molecule has 4 rings (SSSR count). The Hall–Kier alpha value is -1.47. The van der Waals surface area contributed by atoms with Gasteiger partial charge in [0.25, 0.3) is 5.56 Å². The summed E-state index contributed by atoms with van der Waals surface area (Å²) in [6, 6.07) is 2.52. The lowest BCUT2D eigenvalue weighted by atomic mass is 10.2. The molecule has 2 atom stereocenters. The molecule has 0 bridgehead atoms. The highest BCUT2D eigenvalue weighted by atomic mass is 79.9. The number of fused-ring (bicyclic) bond motifs is 2. The van der Waals surface area contributed by atoms with E-state index in [4.69, 9.17) is 0 Å². The predicted molar refractivity (Wildman–Crippen MR) is 79.8 cm³/mol. The SMILES string of the molecule is Cn1c(N2CC3C(O)C3C2)nc2c(Br)cc(F)cc2c1=O. The zero-order chi connectivity index (χ0) is 14.9. The lowest BCUT2D eigenvalue weighted by molar-refractivity contribution is 0.241. The van der Waals surface area contributed by atoms with Gasteiger partial charge in [-0.2, -0.15) is 0 Å². The van der Waals surface area contributed by atoms with Crippen LogP contribution in [0.5, 0.6) is 0 Å². The molecule has 2 fully saturated rings. The van der Waals surface area contributed by atoms with Crippen molar-refractivity contribution in [2.24, 2.45) is 18.9 Å². The van der Waals surface area contributed by atoms with E-state index in [-0.39, 0.29) is 28.9 Å². The molecule has 1 saturated carbocycles. The van der Waals surface area contributed by atoms with E-state index >= 15 is 0 Å². The first-order valence-corrected chi connectivity index (χ1v) is 7.55. The van der Waals surface area contributed by atoms with Crippen molar-refractivity contribution in [2.75, 3.05) is 18.0 Å². The Morgan fingerprint density at radius 1 is 1.38 bits per heavy atom. The molecule has 2 aromatic rings. The van der Waals surface area contributed by atoms with Gasteiger partial charge in [-0.3, -0.25) is 9.36 Å². The summed E-state index contributed by atoms with van der Waals surface area (Å²) in [4.78, 5) is 19.0. The summed E-state index contributed by atoms with van der Waals surface area (Å²) in [6.45, 7) is 1.41. The lowest BCUT2D eigenvalue weighted by Crippen LogP contribution is -2.33. The van der Waals surface area contributed by atoms with Crippen molar-refractivity contribution >= 4 is 32.8 Å². The highest BCUT2D eigenvalue weighted by molar-refractivity contribution is 9.10. The highest BCUT2D eigenvalue weighted by Gasteiger charge is 2.55. The summed E-state index contributed by atoms with van der Waals surface area (Å²) >= 11 is 3.27. The first-order chi connectivity index (χ1) is 9.97. The van der Waals surface area contributed by atoms with Crippen molar-refractivity contribution in [1.82, 2.24) is 9.55 Å². The van der Waals surface area contributed by atoms with Gasteiger partial charge in [0.05, 0.1) is 17.0 Å². The van der Waals surface area contributed by atoms with Crippen LogP contribution in [0.2, 0.25) is 0 Å². The summed E-state index contributed by atoms with van der Waals surface area (Å²) in [5, 5.41) is 9.88. The molecule has 1 aromatic heterocycles. The van der Waals surface area contributed by atoms with Gasteiger partial charge in [0.1, 0.15) is 5.82 Å². The Balaban J connectivity index is 1.87. The van der Waals surface area contributed by atoms with Crippen molar-refractivity contribution in [1.29, 1.82) is 0 Å². The van der Waals surface area contributed by atoms with E-state index in [1.54, 1.807) is 7.05 Å². The zero-order valence-corrected chi connectivity index (χ0v) is 12.8. The van der Waals surface area contributed by atoms with Crippen LogP contribution in [0.3, 0.4) is 0 Å². The van der Waals surface area contributed by atoms with Crippen molar-refractivity contribution < 1.29 is 9.50 Å². The molecule has 21 heavy (non-hydrogen) atoms. The summed E-state index contributed by atoms with van der Waals surface area (Å²) in [7, 11) is 1.64. The monoisotopic (exact) mass is 353 g/mol. The molecule has 1 aromatic carbocycles. The van der Waals surface area contributed by atoms with E-state index < -0.39 is 5.82 Å². The largest absolute Gasteiger partial charge is 0.392 e. The first kappa shape index (κ1) is 13.2. The molecule has 0 amide bonds. The van der Waals surface area contributed by atoms with E-state index in [0.717, 1.165) is 0 Å². The Morgan fingerprint density at radius 2 is 2.05 bits per heavy atom. The van der Waals surface area contributed by atoms with Gasteiger partial charge in [0.2, 0.25) is 5.95 Å². The number of rotatable bonds is 1. The summed E-state index contributed by atoms with van der Waals surface area (Å²) in [6.07, 6.45) is -0.209. The molecule has 110 valence electrons.